The van der Waals surface area contributed by atoms with E-state index in [9.17, 15) is 13.6 Å². The Morgan fingerprint density at radius 1 is 1.26 bits per heavy atom. The summed E-state index contributed by atoms with van der Waals surface area (Å²) in [5, 5.41) is 5.08. The molecular weight excluding hydrogens is 306 g/mol. The molecule has 2 N–H and O–H groups in total. The summed E-state index contributed by atoms with van der Waals surface area (Å²) < 4.78 is 32.1. The fourth-order valence-corrected chi connectivity index (χ4v) is 1.83. The standard InChI is InChI=1S/C15H16F2N4O2/c1-9-8-12(14(22)18-6-7-23-2)20-15(19-9)21-13-10(16)4-3-5-11(13)17/h3-5,8H,6-7H2,1-2H3,(H,18,22)(H,19,20,21). The molecule has 1 heterocycles. The van der Waals surface area contributed by atoms with E-state index in [1.165, 1.54) is 19.2 Å². The quantitative estimate of drug-likeness (QED) is 0.797. The largest absolute Gasteiger partial charge is 0.383 e. The second kappa shape index (κ2) is 7.59. The maximum atomic E-state index is 13.7. The number of anilines is 2. The summed E-state index contributed by atoms with van der Waals surface area (Å²) in [5.74, 6) is -2.04. The number of halogens is 2. The van der Waals surface area contributed by atoms with E-state index in [-0.39, 0.29) is 17.3 Å². The summed E-state index contributed by atoms with van der Waals surface area (Å²) in [6, 6.07) is 4.95. The molecule has 0 fully saturated rings. The normalized spacial score (nSPS) is 10.4. The highest BCUT2D eigenvalue weighted by molar-refractivity contribution is 5.92. The van der Waals surface area contributed by atoms with Crippen molar-refractivity contribution in [3.63, 3.8) is 0 Å². The minimum Gasteiger partial charge on any atom is -0.383 e. The topological polar surface area (TPSA) is 76.1 Å². The summed E-state index contributed by atoms with van der Waals surface area (Å²) in [5.41, 5.74) is 0.202. The Morgan fingerprint density at radius 2 is 1.96 bits per heavy atom. The van der Waals surface area contributed by atoms with Gasteiger partial charge in [-0.15, -0.1) is 0 Å². The van der Waals surface area contributed by atoms with E-state index in [0.29, 0.717) is 18.8 Å². The average molecular weight is 322 g/mol. The van der Waals surface area contributed by atoms with E-state index >= 15 is 0 Å². The highest BCUT2D eigenvalue weighted by atomic mass is 19.1. The summed E-state index contributed by atoms with van der Waals surface area (Å²) in [6.45, 7) is 2.33. The van der Waals surface area contributed by atoms with Crippen LogP contribution in [0, 0.1) is 18.6 Å². The van der Waals surface area contributed by atoms with Gasteiger partial charge in [-0.2, -0.15) is 0 Å². The number of para-hydroxylation sites is 1. The van der Waals surface area contributed by atoms with Crippen molar-refractivity contribution in [3.05, 3.63) is 47.3 Å². The third kappa shape index (κ3) is 4.43. The van der Waals surface area contributed by atoms with E-state index in [4.69, 9.17) is 4.74 Å². The number of benzene rings is 1. The minimum atomic E-state index is -0.777. The van der Waals surface area contributed by atoms with Crippen LogP contribution >= 0.6 is 0 Å². The summed E-state index contributed by atoms with van der Waals surface area (Å²) >= 11 is 0. The predicted molar refractivity (Wildman–Crippen MR) is 80.6 cm³/mol. The number of nitrogens with one attached hydrogen (secondary N) is 2. The first-order valence-corrected chi connectivity index (χ1v) is 6.85. The van der Waals surface area contributed by atoms with Crippen molar-refractivity contribution < 1.29 is 18.3 Å². The van der Waals surface area contributed by atoms with Crippen molar-refractivity contribution in [1.82, 2.24) is 15.3 Å². The van der Waals surface area contributed by atoms with Crippen LogP contribution in [0.15, 0.2) is 24.3 Å². The second-order valence-electron chi connectivity index (χ2n) is 4.69. The van der Waals surface area contributed by atoms with Gasteiger partial charge in [0.25, 0.3) is 5.91 Å². The second-order valence-corrected chi connectivity index (χ2v) is 4.69. The molecule has 0 saturated carbocycles. The lowest BCUT2D eigenvalue weighted by atomic mass is 10.3. The molecule has 6 nitrogen and oxygen atoms in total. The van der Waals surface area contributed by atoms with Gasteiger partial charge in [-0.05, 0) is 25.1 Å². The maximum Gasteiger partial charge on any atom is 0.270 e. The number of amides is 1. The summed E-state index contributed by atoms with van der Waals surface area (Å²) in [4.78, 5) is 20.0. The average Bonchev–Trinajstić information content (AvgIpc) is 2.51. The van der Waals surface area contributed by atoms with Gasteiger partial charge in [-0.25, -0.2) is 18.7 Å². The van der Waals surface area contributed by atoms with Gasteiger partial charge >= 0.3 is 0 Å². The molecule has 1 aromatic carbocycles. The van der Waals surface area contributed by atoms with E-state index in [0.717, 1.165) is 12.1 Å². The predicted octanol–water partition coefficient (Wildman–Crippen LogP) is 2.18. The number of hydrogen-bond donors (Lipinski definition) is 2. The van der Waals surface area contributed by atoms with E-state index < -0.39 is 17.5 Å². The van der Waals surface area contributed by atoms with Gasteiger partial charge in [0.1, 0.15) is 23.0 Å². The molecule has 2 aromatic rings. The van der Waals surface area contributed by atoms with Gasteiger partial charge in [0.2, 0.25) is 5.95 Å². The lowest BCUT2D eigenvalue weighted by Gasteiger charge is -2.10. The van der Waals surface area contributed by atoms with Crippen LogP contribution in [-0.4, -0.2) is 36.1 Å². The molecule has 0 aliphatic heterocycles. The van der Waals surface area contributed by atoms with Crippen LogP contribution in [-0.2, 0) is 4.74 Å². The van der Waals surface area contributed by atoms with Crippen LogP contribution in [0.25, 0.3) is 0 Å². The van der Waals surface area contributed by atoms with Gasteiger partial charge in [0.05, 0.1) is 6.61 Å². The van der Waals surface area contributed by atoms with Crippen LogP contribution < -0.4 is 10.6 Å². The first kappa shape index (κ1) is 16.8. The van der Waals surface area contributed by atoms with Crippen molar-refractivity contribution in [2.75, 3.05) is 25.6 Å². The van der Waals surface area contributed by atoms with Crippen molar-refractivity contribution >= 4 is 17.5 Å². The number of hydrogen-bond acceptors (Lipinski definition) is 5. The van der Waals surface area contributed by atoms with Crippen LogP contribution in [0.2, 0.25) is 0 Å². The zero-order valence-corrected chi connectivity index (χ0v) is 12.7. The van der Waals surface area contributed by atoms with Crippen molar-refractivity contribution in [2.24, 2.45) is 0 Å². The molecule has 0 spiro atoms. The molecule has 0 unspecified atom stereocenters. The van der Waals surface area contributed by atoms with Gasteiger partial charge in [0.15, 0.2) is 0 Å². The van der Waals surface area contributed by atoms with Crippen LogP contribution in [0.3, 0.4) is 0 Å². The lowest BCUT2D eigenvalue weighted by Crippen LogP contribution is -2.28. The SMILES string of the molecule is COCCNC(=O)c1cc(C)nc(Nc2c(F)cccc2F)n1. The van der Waals surface area contributed by atoms with Crippen LogP contribution in [0.5, 0.6) is 0 Å². The Balaban J connectivity index is 2.22. The minimum absolute atomic E-state index is 0.0640. The van der Waals surface area contributed by atoms with E-state index in [2.05, 4.69) is 20.6 Å². The van der Waals surface area contributed by atoms with Gasteiger partial charge in [-0.1, -0.05) is 6.07 Å². The van der Waals surface area contributed by atoms with Crippen LogP contribution in [0.4, 0.5) is 20.4 Å². The molecule has 1 amide bonds. The Labute approximate surface area is 131 Å². The fraction of sp³-hybridized carbons (Fsp3) is 0.267. The Bertz CT molecular complexity index is 690. The summed E-state index contributed by atoms with van der Waals surface area (Å²) in [7, 11) is 1.52. The number of aromatic nitrogens is 2. The van der Waals surface area contributed by atoms with Crippen molar-refractivity contribution in [2.45, 2.75) is 6.92 Å². The van der Waals surface area contributed by atoms with E-state index in [1.807, 2.05) is 0 Å². The molecule has 0 aliphatic carbocycles. The van der Waals surface area contributed by atoms with Gasteiger partial charge in [0, 0.05) is 19.3 Å². The summed E-state index contributed by atoms with van der Waals surface area (Å²) in [6.07, 6.45) is 0. The third-order valence-electron chi connectivity index (χ3n) is 2.88. The molecule has 0 radical (unpaired) electrons. The Hall–Kier alpha value is -2.61. The number of aryl methyl sites for hydroxylation is 1. The van der Waals surface area contributed by atoms with Crippen molar-refractivity contribution in [3.8, 4) is 0 Å². The molecule has 122 valence electrons. The monoisotopic (exact) mass is 322 g/mol. The molecule has 23 heavy (non-hydrogen) atoms. The van der Waals surface area contributed by atoms with Crippen molar-refractivity contribution in [1.29, 1.82) is 0 Å². The molecule has 0 aliphatic rings. The molecule has 0 saturated heterocycles. The molecule has 0 atom stereocenters. The molecule has 0 bridgehead atoms. The van der Waals surface area contributed by atoms with Gasteiger partial charge < -0.3 is 15.4 Å². The number of carbonyl (C=O) groups excluding carboxylic acids is 1. The number of nitrogens with zero attached hydrogens (tertiary/aromatic N) is 2. The molecule has 2 rings (SSSR count). The maximum absolute atomic E-state index is 13.7. The number of ether oxygens (including phenoxy) is 1. The zero-order valence-electron chi connectivity index (χ0n) is 12.7. The highest BCUT2D eigenvalue weighted by Gasteiger charge is 2.13. The lowest BCUT2D eigenvalue weighted by molar-refractivity contribution is 0.0932. The van der Waals surface area contributed by atoms with Crippen LogP contribution in [0.1, 0.15) is 16.2 Å². The number of carbonyl (C=O) groups is 1. The first-order chi connectivity index (χ1) is 11.0. The fourth-order valence-electron chi connectivity index (χ4n) is 1.83. The highest BCUT2D eigenvalue weighted by Crippen LogP contribution is 2.21. The Kier molecular flexibility index (Phi) is 5.53. The zero-order chi connectivity index (χ0) is 16.8. The van der Waals surface area contributed by atoms with Gasteiger partial charge in [-0.3, -0.25) is 4.79 Å². The molecular formula is C15H16F2N4O2. The number of rotatable bonds is 6. The molecule has 1 aromatic heterocycles. The first-order valence-electron chi connectivity index (χ1n) is 6.85. The third-order valence-corrected chi connectivity index (χ3v) is 2.88. The number of methoxy groups -OCH3 is 1. The Morgan fingerprint density at radius 3 is 2.61 bits per heavy atom. The smallest absolute Gasteiger partial charge is 0.270 e. The van der Waals surface area contributed by atoms with E-state index in [1.54, 1.807) is 6.92 Å². The molecule has 8 heteroatoms.